The summed E-state index contributed by atoms with van der Waals surface area (Å²) in [6.07, 6.45) is 0. The van der Waals surface area contributed by atoms with E-state index in [1.54, 1.807) is 26.2 Å². The van der Waals surface area contributed by atoms with E-state index in [0.717, 1.165) is 12.2 Å². The molecule has 7 heteroatoms. The maximum absolute atomic E-state index is 11.9. The van der Waals surface area contributed by atoms with Gasteiger partial charge >= 0.3 is 0 Å². The molecule has 1 atom stereocenters. The third kappa shape index (κ3) is 4.07. The molecule has 0 spiro atoms. The maximum Gasteiger partial charge on any atom is 0.242 e. The lowest BCUT2D eigenvalue weighted by atomic mass is 10.3. The number of nitrogens with zero attached hydrogens (tertiary/aromatic N) is 1. The van der Waals surface area contributed by atoms with Crippen LogP contribution >= 0.6 is 23.5 Å². The number of sulfonamides is 1. The molecule has 0 radical (unpaired) electrons. The third-order valence-corrected chi connectivity index (χ3v) is 7.73. The zero-order valence-electron chi connectivity index (χ0n) is 11.7. The number of hydrogen-bond donors (Lipinski definition) is 1. The zero-order chi connectivity index (χ0) is 14.6. The van der Waals surface area contributed by atoms with Gasteiger partial charge in [0.2, 0.25) is 10.0 Å². The minimum absolute atomic E-state index is 0.329. The average molecular weight is 333 g/mol. The Bertz CT molecular complexity index is 523. The van der Waals surface area contributed by atoms with Crippen LogP contribution in [0, 0.1) is 0 Å². The van der Waals surface area contributed by atoms with Crippen molar-refractivity contribution in [1.29, 1.82) is 0 Å². The summed E-state index contributed by atoms with van der Waals surface area (Å²) in [5, 5.41) is 4.02. The summed E-state index contributed by atoms with van der Waals surface area (Å²) in [6.45, 7) is 0.928. The standard InChI is InChI=1S/C13H20N2O2S3/c1-15(2)20(16,17)13-5-3-11(4-6-13)14-9-12-10-18-7-8-19-12/h3-6,12,14H,7-10H2,1-2H3. The summed E-state index contributed by atoms with van der Waals surface area (Å²) in [4.78, 5) is 0.329. The normalized spacial score (nSPS) is 20.1. The first kappa shape index (κ1) is 16.0. The van der Waals surface area contributed by atoms with Gasteiger partial charge in [0.25, 0.3) is 0 Å². The lowest BCUT2D eigenvalue weighted by Gasteiger charge is -2.21. The lowest BCUT2D eigenvalue weighted by Crippen LogP contribution is -2.23. The van der Waals surface area contributed by atoms with Crippen LogP contribution in [0.25, 0.3) is 0 Å². The second-order valence-corrected chi connectivity index (χ2v) is 9.47. The van der Waals surface area contributed by atoms with E-state index in [1.807, 2.05) is 35.7 Å². The van der Waals surface area contributed by atoms with Crippen LogP contribution in [0.2, 0.25) is 0 Å². The summed E-state index contributed by atoms with van der Waals surface area (Å²) in [7, 11) is -0.249. The molecule has 1 saturated heterocycles. The number of anilines is 1. The van der Waals surface area contributed by atoms with Crippen molar-refractivity contribution in [1.82, 2.24) is 4.31 Å². The Kier molecular flexibility index (Phi) is 5.65. The van der Waals surface area contributed by atoms with Crippen molar-refractivity contribution in [2.24, 2.45) is 0 Å². The summed E-state index contributed by atoms with van der Waals surface area (Å²) in [5.74, 6) is 3.65. The van der Waals surface area contributed by atoms with Crippen molar-refractivity contribution in [2.45, 2.75) is 10.1 Å². The van der Waals surface area contributed by atoms with E-state index in [1.165, 1.54) is 21.6 Å². The molecular weight excluding hydrogens is 312 g/mol. The van der Waals surface area contributed by atoms with E-state index in [4.69, 9.17) is 0 Å². The molecule has 4 nitrogen and oxygen atoms in total. The van der Waals surface area contributed by atoms with E-state index in [-0.39, 0.29) is 0 Å². The molecular formula is C13H20N2O2S3. The first-order valence-corrected chi connectivity index (χ1v) is 10.1. The minimum atomic E-state index is -3.33. The molecule has 0 amide bonds. The van der Waals surface area contributed by atoms with Crippen molar-refractivity contribution in [3.63, 3.8) is 0 Å². The molecule has 20 heavy (non-hydrogen) atoms. The summed E-state index contributed by atoms with van der Waals surface area (Å²) in [5.41, 5.74) is 0.971. The van der Waals surface area contributed by atoms with Gasteiger partial charge in [0.15, 0.2) is 0 Å². The van der Waals surface area contributed by atoms with Crippen LogP contribution in [0.15, 0.2) is 29.2 Å². The first-order chi connectivity index (χ1) is 9.50. The molecule has 1 aliphatic rings. The van der Waals surface area contributed by atoms with Crippen molar-refractivity contribution in [2.75, 3.05) is 43.2 Å². The number of benzene rings is 1. The highest BCUT2D eigenvalue weighted by Crippen LogP contribution is 2.24. The van der Waals surface area contributed by atoms with E-state index < -0.39 is 10.0 Å². The Morgan fingerprint density at radius 3 is 2.50 bits per heavy atom. The van der Waals surface area contributed by atoms with Gasteiger partial charge in [-0.1, -0.05) is 0 Å². The van der Waals surface area contributed by atoms with Gasteiger partial charge in [-0.2, -0.15) is 23.5 Å². The van der Waals surface area contributed by atoms with Crippen LogP contribution in [-0.4, -0.2) is 55.9 Å². The van der Waals surface area contributed by atoms with Gasteiger partial charge in [-0.05, 0) is 24.3 Å². The van der Waals surface area contributed by atoms with Gasteiger partial charge in [-0.15, -0.1) is 0 Å². The SMILES string of the molecule is CN(C)S(=O)(=O)c1ccc(NCC2CSCCS2)cc1. The predicted octanol–water partition coefficient (Wildman–Crippen LogP) is 2.20. The van der Waals surface area contributed by atoms with Gasteiger partial charge in [-0.3, -0.25) is 0 Å². The molecule has 1 N–H and O–H groups in total. The quantitative estimate of drug-likeness (QED) is 0.896. The molecule has 1 aliphatic heterocycles. The van der Waals surface area contributed by atoms with Crippen molar-refractivity contribution in [3.8, 4) is 0 Å². The molecule has 0 aliphatic carbocycles. The van der Waals surface area contributed by atoms with Crippen LogP contribution in [0.3, 0.4) is 0 Å². The molecule has 1 heterocycles. The van der Waals surface area contributed by atoms with Crippen molar-refractivity contribution < 1.29 is 8.42 Å². The largest absolute Gasteiger partial charge is 0.384 e. The van der Waals surface area contributed by atoms with Gasteiger partial charge in [0.05, 0.1) is 4.90 Å². The van der Waals surface area contributed by atoms with E-state index in [2.05, 4.69) is 5.32 Å². The van der Waals surface area contributed by atoms with Crippen LogP contribution in [0.1, 0.15) is 0 Å². The summed E-state index contributed by atoms with van der Waals surface area (Å²) in [6, 6.07) is 6.97. The molecule has 2 rings (SSSR count). The fourth-order valence-electron chi connectivity index (χ4n) is 1.84. The number of nitrogens with one attached hydrogen (secondary N) is 1. The van der Waals surface area contributed by atoms with Crippen LogP contribution < -0.4 is 5.32 Å². The second kappa shape index (κ2) is 7.06. The Morgan fingerprint density at radius 1 is 1.25 bits per heavy atom. The van der Waals surface area contributed by atoms with Crippen LogP contribution in [-0.2, 0) is 10.0 Å². The van der Waals surface area contributed by atoms with Crippen LogP contribution in [0.5, 0.6) is 0 Å². The fourth-order valence-corrected chi connectivity index (χ4v) is 5.36. The highest BCUT2D eigenvalue weighted by molar-refractivity contribution is 8.06. The summed E-state index contributed by atoms with van der Waals surface area (Å²) >= 11 is 4.01. The molecule has 0 aromatic heterocycles. The smallest absolute Gasteiger partial charge is 0.242 e. The Hall–Kier alpha value is -0.370. The van der Waals surface area contributed by atoms with E-state index in [9.17, 15) is 8.42 Å². The maximum atomic E-state index is 11.9. The highest BCUT2D eigenvalue weighted by atomic mass is 32.2. The molecule has 1 aromatic rings. The van der Waals surface area contributed by atoms with E-state index >= 15 is 0 Å². The van der Waals surface area contributed by atoms with Crippen LogP contribution in [0.4, 0.5) is 5.69 Å². The molecule has 1 unspecified atom stereocenters. The predicted molar refractivity (Wildman–Crippen MR) is 89.4 cm³/mol. The Morgan fingerprint density at radius 2 is 1.95 bits per heavy atom. The minimum Gasteiger partial charge on any atom is -0.384 e. The molecule has 0 saturated carbocycles. The molecule has 1 fully saturated rings. The Labute approximate surface area is 129 Å². The highest BCUT2D eigenvalue weighted by Gasteiger charge is 2.17. The fraction of sp³-hybridized carbons (Fsp3) is 0.538. The average Bonchev–Trinajstić information content (AvgIpc) is 2.46. The van der Waals surface area contributed by atoms with Crippen molar-refractivity contribution >= 4 is 39.2 Å². The lowest BCUT2D eigenvalue weighted by molar-refractivity contribution is 0.521. The van der Waals surface area contributed by atoms with Gasteiger partial charge in [-0.25, -0.2) is 12.7 Å². The molecule has 1 aromatic carbocycles. The number of thioether (sulfide) groups is 2. The number of hydrogen-bond acceptors (Lipinski definition) is 5. The topological polar surface area (TPSA) is 49.4 Å². The van der Waals surface area contributed by atoms with Crippen molar-refractivity contribution in [3.05, 3.63) is 24.3 Å². The van der Waals surface area contributed by atoms with E-state index in [0.29, 0.717) is 10.1 Å². The monoisotopic (exact) mass is 332 g/mol. The summed E-state index contributed by atoms with van der Waals surface area (Å²) < 4.78 is 25.1. The molecule has 112 valence electrons. The Balaban J connectivity index is 1.94. The molecule has 0 bridgehead atoms. The third-order valence-electron chi connectivity index (χ3n) is 3.05. The zero-order valence-corrected chi connectivity index (χ0v) is 14.2. The second-order valence-electron chi connectivity index (χ2n) is 4.76. The first-order valence-electron chi connectivity index (χ1n) is 6.46. The van der Waals surface area contributed by atoms with Gasteiger partial charge < -0.3 is 5.32 Å². The number of rotatable bonds is 5. The van der Waals surface area contributed by atoms with Gasteiger partial charge in [0, 0.05) is 48.8 Å². The van der Waals surface area contributed by atoms with Gasteiger partial charge in [0.1, 0.15) is 0 Å².